The maximum Gasteiger partial charge on any atom is 0.254 e. The van der Waals surface area contributed by atoms with Gasteiger partial charge in [0.15, 0.2) is 0 Å². The summed E-state index contributed by atoms with van der Waals surface area (Å²) in [6.07, 6.45) is 2.00. The van der Waals surface area contributed by atoms with E-state index >= 15 is 0 Å². The first-order chi connectivity index (χ1) is 12.3. The molecule has 8 heteroatoms. The van der Waals surface area contributed by atoms with Crippen LogP contribution in [-0.2, 0) is 9.59 Å². The average Bonchev–Trinajstić information content (AvgIpc) is 3.07. The fraction of sp³-hybridized carbons (Fsp3) is 0.500. The van der Waals surface area contributed by atoms with Gasteiger partial charge in [0.05, 0.1) is 5.56 Å². The highest BCUT2D eigenvalue weighted by Gasteiger charge is 2.34. The molecule has 0 aromatic heterocycles. The topological polar surface area (TPSA) is 69.7 Å². The van der Waals surface area contributed by atoms with E-state index in [0.717, 1.165) is 18.6 Å². The number of hydrogen-bond acceptors (Lipinski definition) is 3. The minimum absolute atomic E-state index is 0.0871. The van der Waals surface area contributed by atoms with Gasteiger partial charge in [-0.3, -0.25) is 14.4 Å². The standard InChI is InChI=1S/C18H23F2N3O3/c1-22(2)18(26)15-5-4-10-23(15)16(24)6-3-9-21-17(25)13-8-7-12(19)11-14(13)20/h7-8,11,15H,3-6,9-10H2,1-2H3,(H,21,25)/t15-/m1/s1. The van der Waals surface area contributed by atoms with Gasteiger partial charge >= 0.3 is 0 Å². The molecule has 6 nitrogen and oxygen atoms in total. The van der Waals surface area contributed by atoms with Crippen molar-refractivity contribution in [2.45, 2.75) is 31.7 Å². The lowest BCUT2D eigenvalue weighted by molar-refractivity contribution is -0.142. The predicted octanol–water partition coefficient (Wildman–Crippen LogP) is 1.55. The van der Waals surface area contributed by atoms with Crippen molar-refractivity contribution >= 4 is 17.7 Å². The zero-order chi connectivity index (χ0) is 19.3. The van der Waals surface area contributed by atoms with Crippen molar-refractivity contribution in [3.05, 3.63) is 35.4 Å². The van der Waals surface area contributed by atoms with Gasteiger partial charge < -0.3 is 15.1 Å². The second-order valence-electron chi connectivity index (χ2n) is 6.46. The maximum absolute atomic E-state index is 13.5. The number of halogens is 2. The smallest absolute Gasteiger partial charge is 0.254 e. The van der Waals surface area contributed by atoms with Gasteiger partial charge in [-0.1, -0.05) is 0 Å². The van der Waals surface area contributed by atoms with Crippen molar-refractivity contribution in [2.24, 2.45) is 0 Å². The monoisotopic (exact) mass is 367 g/mol. The van der Waals surface area contributed by atoms with Crippen molar-refractivity contribution in [1.82, 2.24) is 15.1 Å². The summed E-state index contributed by atoms with van der Waals surface area (Å²) in [5, 5.41) is 2.51. The molecule has 1 heterocycles. The van der Waals surface area contributed by atoms with Crippen molar-refractivity contribution in [2.75, 3.05) is 27.2 Å². The number of carbonyl (C=O) groups is 3. The van der Waals surface area contributed by atoms with Gasteiger partial charge in [0.25, 0.3) is 5.91 Å². The van der Waals surface area contributed by atoms with Crippen LogP contribution in [0.1, 0.15) is 36.0 Å². The van der Waals surface area contributed by atoms with E-state index < -0.39 is 23.6 Å². The number of amides is 3. The van der Waals surface area contributed by atoms with Gasteiger partial charge in [0, 0.05) is 39.7 Å². The number of likely N-dealkylation sites (tertiary alicyclic amines) is 1. The van der Waals surface area contributed by atoms with Crippen LogP contribution < -0.4 is 5.32 Å². The fourth-order valence-electron chi connectivity index (χ4n) is 2.97. The zero-order valence-electron chi connectivity index (χ0n) is 14.9. The highest BCUT2D eigenvalue weighted by Crippen LogP contribution is 2.20. The first kappa shape index (κ1) is 19.8. The van der Waals surface area contributed by atoms with Crippen LogP contribution in [-0.4, -0.2) is 60.7 Å². The van der Waals surface area contributed by atoms with Crippen LogP contribution in [0.2, 0.25) is 0 Å². The molecule has 142 valence electrons. The van der Waals surface area contributed by atoms with Crippen molar-refractivity contribution in [3.63, 3.8) is 0 Å². The Balaban J connectivity index is 1.79. The largest absolute Gasteiger partial charge is 0.352 e. The third-order valence-electron chi connectivity index (χ3n) is 4.33. The van der Waals surface area contributed by atoms with Gasteiger partial charge in [0.2, 0.25) is 11.8 Å². The highest BCUT2D eigenvalue weighted by molar-refractivity contribution is 5.94. The van der Waals surface area contributed by atoms with Crippen LogP contribution in [0.4, 0.5) is 8.78 Å². The summed E-state index contributed by atoms with van der Waals surface area (Å²) in [6.45, 7) is 0.734. The maximum atomic E-state index is 13.5. The van der Waals surface area contributed by atoms with Crippen LogP contribution in [0.25, 0.3) is 0 Å². The van der Waals surface area contributed by atoms with Crippen molar-refractivity contribution in [1.29, 1.82) is 0 Å². The molecule has 0 aliphatic carbocycles. The Morgan fingerprint density at radius 2 is 2.00 bits per heavy atom. The Morgan fingerprint density at radius 3 is 2.65 bits per heavy atom. The first-order valence-corrected chi connectivity index (χ1v) is 8.55. The van der Waals surface area contributed by atoms with Gasteiger partial charge in [0.1, 0.15) is 17.7 Å². The SMILES string of the molecule is CN(C)C(=O)[C@H]1CCCN1C(=O)CCCNC(=O)c1ccc(F)cc1F. The molecule has 1 aromatic carbocycles. The van der Waals surface area contributed by atoms with Crippen molar-refractivity contribution in [3.8, 4) is 0 Å². The molecule has 0 spiro atoms. The Kier molecular flexibility index (Phi) is 6.65. The third-order valence-corrected chi connectivity index (χ3v) is 4.33. The second kappa shape index (κ2) is 8.73. The first-order valence-electron chi connectivity index (χ1n) is 8.55. The molecule has 0 bridgehead atoms. The van der Waals surface area contributed by atoms with E-state index in [4.69, 9.17) is 0 Å². The minimum Gasteiger partial charge on any atom is -0.352 e. The molecule has 1 aliphatic heterocycles. The van der Waals surface area contributed by atoms with Crippen molar-refractivity contribution < 1.29 is 23.2 Å². The summed E-state index contributed by atoms with van der Waals surface area (Å²) >= 11 is 0. The highest BCUT2D eigenvalue weighted by atomic mass is 19.1. The predicted molar refractivity (Wildman–Crippen MR) is 91.4 cm³/mol. The van der Waals surface area contributed by atoms with E-state index in [1.807, 2.05) is 0 Å². The summed E-state index contributed by atoms with van der Waals surface area (Å²) in [6, 6.07) is 2.32. The molecule has 0 saturated carbocycles. The Hall–Kier alpha value is -2.51. The normalized spacial score (nSPS) is 16.5. The molecular weight excluding hydrogens is 344 g/mol. The van der Waals surface area contributed by atoms with E-state index in [-0.39, 0.29) is 30.3 Å². The summed E-state index contributed by atoms with van der Waals surface area (Å²) in [7, 11) is 3.32. The van der Waals surface area contributed by atoms with Gasteiger partial charge in [-0.25, -0.2) is 8.78 Å². The molecule has 1 aromatic rings. The number of benzene rings is 1. The zero-order valence-corrected chi connectivity index (χ0v) is 14.9. The molecular formula is C18H23F2N3O3. The Morgan fingerprint density at radius 1 is 1.27 bits per heavy atom. The minimum atomic E-state index is -0.930. The third kappa shape index (κ3) is 4.77. The molecule has 0 unspecified atom stereocenters. The van der Waals surface area contributed by atoms with Crippen LogP contribution >= 0.6 is 0 Å². The van der Waals surface area contributed by atoms with Crippen LogP contribution in [0.15, 0.2) is 18.2 Å². The van der Waals surface area contributed by atoms with E-state index in [0.29, 0.717) is 25.5 Å². The van der Waals surface area contributed by atoms with E-state index in [1.54, 1.807) is 19.0 Å². The molecule has 1 atom stereocenters. The fourth-order valence-corrected chi connectivity index (χ4v) is 2.97. The number of carbonyl (C=O) groups excluding carboxylic acids is 3. The summed E-state index contributed by atoms with van der Waals surface area (Å²) in [5.41, 5.74) is -0.242. The van der Waals surface area contributed by atoms with E-state index in [9.17, 15) is 23.2 Å². The Labute approximate surface area is 151 Å². The molecule has 1 aliphatic rings. The van der Waals surface area contributed by atoms with E-state index in [1.165, 1.54) is 4.90 Å². The van der Waals surface area contributed by atoms with Gasteiger partial charge in [-0.2, -0.15) is 0 Å². The molecule has 1 saturated heterocycles. The summed E-state index contributed by atoms with van der Waals surface area (Å²) in [4.78, 5) is 39.4. The quantitative estimate of drug-likeness (QED) is 0.776. The molecule has 1 N–H and O–H groups in total. The van der Waals surface area contributed by atoms with Gasteiger partial charge in [-0.05, 0) is 31.4 Å². The number of nitrogens with zero attached hydrogens (tertiary/aromatic N) is 2. The average molecular weight is 367 g/mol. The van der Waals surface area contributed by atoms with Gasteiger partial charge in [-0.15, -0.1) is 0 Å². The Bertz CT molecular complexity index is 694. The molecule has 26 heavy (non-hydrogen) atoms. The number of hydrogen-bond donors (Lipinski definition) is 1. The number of rotatable bonds is 6. The molecule has 0 radical (unpaired) electrons. The number of likely N-dealkylation sites (N-methyl/N-ethyl adjacent to an activating group) is 1. The second-order valence-corrected chi connectivity index (χ2v) is 6.46. The molecule has 3 amide bonds. The summed E-state index contributed by atoms with van der Waals surface area (Å²) in [5.74, 6) is -2.56. The number of nitrogens with one attached hydrogen (secondary N) is 1. The lowest BCUT2D eigenvalue weighted by Crippen LogP contribution is -2.45. The van der Waals surface area contributed by atoms with Crippen LogP contribution in [0, 0.1) is 11.6 Å². The lowest BCUT2D eigenvalue weighted by atomic mass is 10.1. The lowest BCUT2D eigenvalue weighted by Gasteiger charge is -2.26. The van der Waals surface area contributed by atoms with Crippen LogP contribution in [0.3, 0.4) is 0 Å². The molecule has 1 fully saturated rings. The van der Waals surface area contributed by atoms with E-state index in [2.05, 4.69) is 5.32 Å². The molecule has 2 rings (SSSR count). The van der Waals surface area contributed by atoms with Crippen LogP contribution in [0.5, 0.6) is 0 Å². The summed E-state index contributed by atoms with van der Waals surface area (Å²) < 4.78 is 26.4.